The van der Waals surface area contributed by atoms with Crippen LogP contribution in [0.1, 0.15) is 23.6 Å². The number of carbonyl (C=O) groups excluding carboxylic acids is 1. The van der Waals surface area contributed by atoms with Gasteiger partial charge < -0.3 is 15.3 Å². The highest BCUT2D eigenvalue weighted by atomic mass is 16.2. The minimum absolute atomic E-state index is 0.0656. The van der Waals surface area contributed by atoms with Crippen molar-refractivity contribution < 1.29 is 4.79 Å². The fourth-order valence-corrected chi connectivity index (χ4v) is 3.64. The molecule has 0 radical (unpaired) electrons. The molecule has 2 aromatic carbocycles. The van der Waals surface area contributed by atoms with Crippen molar-refractivity contribution in [1.29, 1.82) is 0 Å². The Bertz CT molecular complexity index is 988. The van der Waals surface area contributed by atoms with E-state index in [4.69, 9.17) is 0 Å². The van der Waals surface area contributed by atoms with E-state index in [-0.39, 0.29) is 17.6 Å². The molecule has 1 amide bonds. The van der Waals surface area contributed by atoms with E-state index in [2.05, 4.69) is 44.5 Å². The number of carbonyl (C=O) groups is 1. The Morgan fingerprint density at radius 1 is 1.20 bits per heavy atom. The smallest absolute Gasteiger partial charge is 0.323 e. The standard InChI is InChI=1S/C19H20N4O2/c1-23(17-9-6-12-4-2-3-5-14(12)17)11-18(24)20-13-7-8-15-16(10-13)22-19(25)21-15/h2-5,7-8,10,17H,6,9,11H2,1H3,(H,20,24)(H2,21,22,25)/t17-/m1/s1. The number of nitrogens with one attached hydrogen (secondary N) is 3. The van der Waals surface area contributed by atoms with Crippen LogP contribution in [0.2, 0.25) is 0 Å². The number of anilines is 1. The summed E-state index contributed by atoms with van der Waals surface area (Å²) in [4.78, 5) is 31.2. The van der Waals surface area contributed by atoms with Gasteiger partial charge in [-0.2, -0.15) is 0 Å². The highest BCUT2D eigenvalue weighted by molar-refractivity contribution is 5.94. The lowest BCUT2D eigenvalue weighted by Crippen LogP contribution is -2.32. The number of rotatable bonds is 4. The topological polar surface area (TPSA) is 81.0 Å². The molecule has 0 spiro atoms. The largest absolute Gasteiger partial charge is 0.325 e. The maximum Gasteiger partial charge on any atom is 0.323 e. The second-order valence-corrected chi connectivity index (χ2v) is 6.56. The fraction of sp³-hybridized carbons (Fsp3) is 0.263. The van der Waals surface area contributed by atoms with Crippen LogP contribution in [0, 0.1) is 0 Å². The van der Waals surface area contributed by atoms with Gasteiger partial charge in [0, 0.05) is 11.7 Å². The minimum Gasteiger partial charge on any atom is -0.325 e. The molecule has 3 N–H and O–H groups in total. The molecule has 25 heavy (non-hydrogen) atoms. The first-order valence-electron chi connectivity index (χ1n) is 8.40. The Morgan fingerprint density at radius 3 is 2.88 bits per heavy atom. The SMILES string of the molecule is CN(CC(=O)Nc1ccc2[nH]c(=O)[nH]c2c1)[C@@H]1CCc2ccccc21. The molecule has 1 aliphatic rings. The summed E-state index contributed by atoms with van der Waals surface area (Å²) in [6.07, 6.45) is 2.10. The Labute approximate surface area is 144 Å². The fourth-order valence-electron chi connectivity index (χ4n) is 3.64. The van der Waals surface area contributed by atoms with E-state index >= 15 is 0 Å². The average Bonchev–Trinajstić information content (AvgIpc) is 3.16. The number of hydrogen-bond acceptors (Lipinski definition) is 3. The molecule has 6 heteroatoms. The highest BCUT2D eigenvalue weighted by Gasteiger charge is 2.26. The zero-order valence-electron chi connectivity index (χ0n) is 14.0. The van der Waals surface area contributed by atoms with E-state index < -0.39 is 0 Å². The predicted octanol–water partition coefficient (Wildman–Crippen LogP) is 2.41. The van der Waals surface area contributed by atoms with Gasteiger partial charge >= 0.3 is 5.69 Å². The van der Waals surface area contributed by atoms with Gasteiger partial charge in [-0.05, 0) is 49.2 Å². The summed E-state index contributed by atoms with van der Waals surface area (Å²) in [5.74, 6) is -0.0656. The molecule has 1 aliphatic carbocycles. The zero-order valence-corrected chi connectivity index (χ0v) is 14.0. The molecule has 1 heterocycles. The summed E-state index contributed by atoms with van der Waals surface area (Å²) < 4.78 is 0. The molecule has 0 unspecified atom stereocenters. The molecule has 0 saturated heterocycles. The molecule has 6 nitrogen and oxygen atoms in total. The summed E-state index contributed by atoms with van der Waals surface area (Å²) in [5.41, 5.74) is 4.53. The first-order chi connectivity index (χ1) is 12.1. The molecule has 0 fully saturated rings. The summed E-state index contributed by atoms with van der Waals surface area (Å²) in [6.45, 7) is 0.320. The third-order valence-electron chi connectivity index (χ3n) is 4.83. The lowest BCUT2D eigenvalue weighted by molar-refractivity contribution is -0.117. The number of aromatic amines is 2. The minimum atomic E-state index is -0.252. The Kier molecular flexibility index (Phi) is 3.89. The molecule has 4 rings (SSSR count). The van der Waals surface area contributed by atoms with E-state index in [1.165, 1.54) is 11.1 Å². The number of likely N-dealkylation sites (N-methyl/N-ethyl adjacent to an activating group) is 1. The van der Waals surface area contributed by atoms with Gasteiger partial charge in [0.05, 0.1) is 17.6 Å². The van der Waals surface area contributed by atoms with Crippen molar-refractivity contribution in [1.82, 2.24) is 14.9 Å². The molecular formula is C19H20N4O2. The average molecular weight is 336 g/mol. The highest BCUT2D eigenvalue weighted by Crippen LogP contribution is 2.34. The van der Waals surface area contributed by atoms with Gasteiger partial charge in [-0.3, -0.25) is 9.69 Å². The lowest BCUT2D eigenvalue weighted by Gasteiger charge is -2.24. The number of nitrogens with zero attached hydrogens (tertiary/aromatic N) is 1. The van der Waals surface area contributed by atoms with Crippen LogP contribution >= 0.6 is 0 Å². The van der Waals surface area contributed by atoms with Crippen molar-refractivity contribution in [2.75, 3.05) is 18.9 Å². The van der Waals surface area contributed by atoms with Gasteiger partial charge in [0.15, 0.2) is 0 Å². The Morgan fingerprint density at radius 2 is 2.00 bits per heavy atom. The van der Waals surface area contributed by atoms with Gasteiger partial charge in [0.1, 0.15) is 0 Å². The van der Waals surface area contributed by atoms with Gasteiger partial charge in [-0.25, -0.2) is 4.79 Å². The first kappa shape index (κ1) is 15.7. The predicted molar refractivity (Wildman–Crippen MR) is 97.7 cm³/mol. The number of fused-ring (bicyclic) bond motifs is 2. The number of hydrogen-bond donors (Lipinski definition) is 3. The zero-order chi connectivity index (χ0) is 17.4. The molecule has 0 aliphatic heterocycles. The first-order valence-corrected chi connectivity index (χ1v) is 8.40. The van der Waals surface area contributed by atoms with Crippen LogP contribution in [0.15, 0.2) is 47.3 Å². The van der Waals surface area contributed by atoms with E-state index in [1.807, 2.05) is 7.05 Å². The van der Waals surface area contributed by atoms with Gasteiger partial charge in [-0.15, -0.1) is 0 Å². The second kappa shape index (κ2) is 6.22. The molecule has 0 saturated carbocycles. The summed E-state index contributed by atoms with van der Waals surface area (Å²) in [5, 5.41) is 2.91. The third kappa shape index (κ3) is 3.08. The van der Waals surface area contributed by atoms with Crippen LogP contribution in [-0.2, 0) is 11.2 Å². The summed E-state index contributed by atoms with van der Waals surface area (Å²) in [7, 11) is 1.99. The molecule has 128 valence electrons. The maximum absolute atomic E-state index is 12.4. The summed E-state index contributed by atoms with van der Waals surface area (Å²) >= 11 is 0. The number of H-pyrrole nitrogens is 2. The van der Waals surface area contributed by atoms with Crippen molar-refractivity contribution in [3.8, 4) is 0 Å². The molecule has 1 atom stereocenters. The quantitative estimate of drug-likeness (QED) is 0.684. The Balaban J connectivity index is 1.43. The van der Waals surface area contributed by atoms with Crippen LogP contribution in [0.5, 0.6) is 0 Å². The third-order valence-corrected chi connectivity index (χ3v) is 4.83. The maximum atomic E-state index is 12.4. The number of amides is 1. The van der Waals surface area contributed by atoms with Crippen LogP contribution in [0.4, 0.5) is 5.69 Å². The van der Waals surface area contributed by atoms with Gasteiger partial charge in [0.25, 0.3) is 0 Å². The number of aromatic nitrogens is 2. The molecular weight excluding hydrogens is 316 g/mol. The monoisotopic (exact) mass is 336 g/mol. The van der Waals surface area contributed by atoms with Crippen LogP contribution < -0.4 is 11.0 Å². The number of imidazole rings is 1. The van der Waals surface area contributed by atoms with Crippen LogP contribution in [0.3, 0.4) is 0 Å². The van der Waals surface area contributed by atoms with Crippen LogP contribution in [-0.4, -0.2) is 34.4 Å². The van der Waals surface area contributed by atoms with Gasteiger partial charge in [0.2, 0.25) is 5.91 Å². The molecule has 0 bridgehead atoms. The van der Waals surface area contributed by atoms with E-state index in [9.17, 15) is 9.59 Å². The van der Waals surface area contributed by atoms with E-state index in [1.54, 1.807) is 18.2 Å². The van der Waals surface area contributed by atoms with Crippen molar-refractivity contribution in [2.24, 2.45) is 0 Å². The van der Waals surface area contributed by atoms with Crippen molar-refractivity contribution in [2.45, 2.75) is 18.9 Å². The van der Waals surface area contributed by atoms with Crippen LogP contribution in [0.25, 0.3) is 11.0 Å². The lowest BCUT2D eigenvalue weighted by atomic mass is 10.1. The number of benzene rings is 2. The number of aryl methyl sites for hydroxylation is 1. The van der Waals surface area contributed by atoms with Crippen molar-refractivity contribution in [3.63, 3.8) is 0 Å². The summed E-state index contributed by atoms with van der Waals surface area (Å²) in [6, 6.07) is 14.0. The van der Waals surface area contributed by atoms with Gasteiger partial charge in [-0.1, -0.05) is 24.3 Å². The second-order valence-electron chi connectivity index (χ2n) is 6.56. The van der Waals surface area contributed by atoms with E-state index in [0.717, 1.165) is 18.4 Å². The molecule has 3 aromatic rings. The Hall–Kier alpha value is -2.86. The normalized spacial score (nSPS) is 16.3. The van der Waals surface area contributed by atoms with Crippen molar-refractivity contribution >= 4 is 22.6 Å². The van der Waals surface area contributed by atoms with Crippen molar-refractivity contribution in [3.05, 3.63) is 64.1 Å². The van der Waals surface area contributed by atoms with E-state index in [0.29, 0.717) is 17.7 Å². The molecule has 1 aromatic heterocycles.